The van der Waals surface area contributed by atoms with Crippen LogP contribution in [0.4, 0.5) is 0 Å². The number of halogens is 1. The van der Waals surface area contributed by atoms with Crippen LogP contribution in [0.1, 0.15) is 16.7 Å². The van der Waals surface area contributed by atoms with E-state index in [0.29, 0.717) is 0 Å². The summed E-state index contributed by atoms with van der Waals surface area (Å²) < 4.78 is 6.39. The van der Waals surface area contributed by atoms with Crippen molar-refractivity contribution in [3.63, 3.8) is 0 Å². The van der Waals surface area contributed by atoms with Gasteiger partial charge in [-0.3, -0.25) is 4.90 Å². The molecular formula is C17H16ClNO. The van der Waals surface area contributed by atoms with E-state index >= 15 is 0 Å². The molecule has 1 atom stereocenters. The minimum atomic E-state index is -0.253. The van der Waals surface area contributed by atoms with Crippen molar-refractivity contribution in [1.29, 1.82) is 0 Å². The predicted octanol–water partition coefficient (Wildman–Crippen LogP) is 3.62. The minimum Gasteiger partial charge on any atom is -0.481 e. The van der Waals surface area contributed by atoms with Gasteiger partial charge < -0.3 is 4.74 Å². The lowest BCUT2D eigenvalue weighted by Crippen LogP contribution is -2.47. The number of ether oxygens (including phenoxy) is 1. The van der Waals surface area contributed by atoms with Gasteiger partial charge in [0.05, 0.1) is 0 Å². The normalized spacial score (nSPS) is 24.3. The summed E-state index contributed by atoms with van der Waals surface area (Å²) in [6, 6.07) is 14.6. The van der Waals surface area contributed by atoms with E-state index < -0.39 is 0 Å². The summed E-state index contributed by atoms with van der Waals surface area (Å²) in [5, 5.41) is 0.734. The van der Waals surface area contributed by atoms with Crippen LogP contribution in [0, 0.1) is 0 Å². The average Bonchev–Trinajstić information content (AvgIpc) is 2.76. The molecule has 0 bridgehead atoms. The number of hydrogen-bond donors (Lipinski definition) is 0. The second kappa shape index (κ2) is 4.24. The van der Waals surface area contributed by atoms with Gasteiger partial charge in [0.25, 0.3) is 0 Å². The first-order chi connectivity index (χ1) is 9.66. The van der Waals surface area contributed by atoms with E-state index in [2.05, 4.69) is 42.3 Å². The van der Waals surface area contributed by atoms with Gasteiger partial charge in [-0.1, -0.05) is 41.9 Å². The number of rotatable bonds is 0. The average molecular weight is 286 g/mol. The molecule has 0 radical (unpaired) electrons. The molecule has 1 unspecified atom stereocenters. The Kier molecular flexibility index (Phi) is 2.60. The van der Waals surface area contributed by atoms with Gasteiger partial charge in [-0.15, -0.1) is 0 Å². The Morgan fingerprint density at radius 1 is 1.15 bits per heavy atom. The standard InChI is InChI=1S/C17H16ClNO/c1-19-10-13-4-2-3-5-15(13)17(11-19)9-12-6-7-14(18)8-16(12)20-17/h2-8H,9-11H2,1H3. The first-order valence-electron chi connectivity index (χ1n) is 6.91. The van der Waals surface area contributed by atoms with Crippen LogP contribution < -0.4 is 4.74 Å². The fourth-order valence-electron chi connectivity index (χ4n) is 3.53. The number of nitrogens with zero attached hydrogens (tertiary/aromatic N) is 1. The van der Waals surface area contributed by atoms with Crippen LogP contribution in [0.3, 0.4) is 0 Å². The van der Waals surface area contributed by atoms with Crippen LogP contribution in [0.5, 0.6) is 5.75 Å². The third-order valence-corrected chi connectivity index (χ3v) is 4.52. The van der Waals surface area contributed by atoms with Crippen molar-refractivity contribution in [1.82, 2.24) is 4.90 Å². The lowest BCUT2D eigenvalue weighted by molar-refractivity contribution is 0.0362. The Balaban J connectivity index is 1.84. The van der Waals surface area contributed by atoms with Gasteiger partial charge in [0.15, 0.2) is 5.60 Å². The predicted molar refractivity (Wildman–Crippen MR) is 80.2 cm³/mol. The highest BCUT2D eigenvalue weighted by molar-refractivity contribution is 6.30. The molecule has 0 saturated heterocycles. The SMILES string of the molecule is CN1Cc2ccccc2C2(Cc3ccc(Cl)cc3O2)C1. The molecule has 0 saturated carbocycles. The number of fused-ring (bicyclic) bond motifs is 3. The lowest BCUT2D eigenvalue weighted by atomic mass is 9.83. The molecule has 20 heavy (non-hydrogen) atoms. The summed E-state index contributed by atoms with van der Waals surface area (Å²) >= 11 is 6.09. The smallest absolute Gasteiger partial charge is 0.151 e. The second-order valence-electron chi connectivity index (χ2n) is 5.85. The molecule has 0 fully saturated rings. The Morgan fingerprint density at radius 2 is 2.00 bits per heavy atom. The van der Waals surface area contributed by atoms with E-state index in [-0.39, 0.29) is 5.60 Å². The van der Waals surface area contributed by atoms with E-state index in [0.717, 1.165) is 30.3 Å². The molecule has 2 aliphatic heterocycles. The Labute approximate surface area is 123 Å². The molecule has 3 heteroatoms. The summed E-state index contributed by atoms with van der Waals surface area (Å²) in [7, 11) is 2.15. The van der Waals surface area contributed by atoms with Crippen LogP contribution in [0.15, 0.2) is 42.5 Å². The first-order valence-corrected chi connectivity index (χ1v) is 7.28. The van der Waals surface area contributed by atoms with E-state index in [4.69, 9.17) is 16.3 Å². The Hall–Kier alpha value is -1.51. The number of benzene rings is 2. The van der Waals surface area contributed by atoms with Crippen molar-refractivity contribution in [2.45, 2.75) is 18.6 Å². The number of likely N-dealkylation sites (N-methyl/N-ethyl adjacent to an activating group) is 1. The molecule has 0 aromatic heterocycles. The molecular weight excluding hydrogens is 270 g/mol. The fourth-order valence-corrected chi connectivity index (χ4v) is 3.69. The Bertz CT molecular complexity index is 684. The molecule has 2 aromatic rings. The van der Waals surface area contributed by atoms with Crippen LogP contribution in [0.2, 0.25) is 5.02 Å². The summed E-state index contributed by atoms with van der Waals surface area (Å²) in [4.78, 5) is 2.33. The highest BCUT2D eigenvalue weighted by Crippen LogP contribution is 2.45. The van der Waals surface area contributed by atoms with Crippen LogP contribution >= 0.6 is 11.6 Å². The second-order valence-corrected chi connectivity index (χ2v) is 6.29. The van der Waals surface area contributed by atoms with Gasteiger partial charge in [0.2, 0.25) is 0 Å². The van der Waals surface area contributed by atoms with Crippen LogP contribution in [0.25, 0.3) is 0 Å². The van der Waals surface area contributed by atoms with Gasteiger partial charge in [-0.25, -0.2) is 0 Å². The van der Waals surface area contributed by atoms with Crippen molar-refractivity contribution in [3.05, 3.63) is 64.2 Å². The molecule has 2 aromatic carbocycles. The van der Waals surface area contributed by atoms with Crippen molar-refractivity contribution >= 4 is 11.6 Å². The van der Waals surface area contributed by atoms with E-state index in [1.807, 2.05) is 12.1 Å². The molecule has 102 valence electrons. The van der Waals surface area contributed by atoms with Crippen molar-refractivity contribution < 1.29 is 4.74 Å². The number of hydrogen-bond acceptors (Lipinski definition) is 2. The maximum absolute atomic E-state index is 6.39. The molecule has 2 aliphatic rings. The summed E-state index contributed by atoms with van der Waals surface area (Å²) in [5.74, 6) is 0.933. The maximum Gasteiger partial charge on any atom is 0.151 e. The molecule has 2 nitrogen and oxygen atoms in total. The van der Waals surface area contributed by atoms with Crippen molar-refractivity contribution in [3.8, 4) is 5.75 Å². The maximum atomic E-state index is 6.39. The molecule has 0 N–H and O–H groups in total. The zero-order valence-electron chi connectivity index (χ0n) is 11.4. The quantitative estimate of drug-likeness (QED) is 0.733. The molecule has 2 heterocycles. The zero-order chi connectivity index (χ0) is 13.7. The van der Waals surface area contributed by atoms with Gasteiger partial charge in [-0.05, 0) is 30.3 Å². The van der Waals surface area contributed by atoms with Crippen LogP contribution in [-0.2, 0) is 18.6 Å². The highest BCUT2D eigenvalue weighted by Gasteiger charge is 2.45. The van der Waals surface area contributed by atoms with Crippen molar-refractivity contribution in [2.75, 3.05) is 13.6 Å². The molecule has 0 aliphatic carbocycles. The van der Waals surface area contributed by atoms with Crippen molar-refractivity contribution in [2.24, 2.45) is 0 Å². The molecule has 4 rings (SSSR count). The van der Waals surface area contributed by atoms with E-state index in [1.165, 1.54) is 16.7 Å². The molecule has 0 amide bonds. The zero-order valence-corrected chi connectivity index (χ0v) is 12.2. The highest BCUT2D eigenvalue weighted by atomic mass is 35.5. The third-order valence-electron chi connectivity index (χ3n) is 4.28. The first kappa shape index (κ1) is 12.2. The largest absolute Gasteiger partial charge is 0.481 e. The summed E-state index contributed by atoms with van der Waals surface area (Å²) in [6.07, 6.45) is 0.918. The van der Waals surface area contributed by atoms with Gasteiger partial charge in [0.1, 0.15) is 5.75 Å². The van der Waals surface area contributed by atoms with E-state index in [9.17, 15) is 0 Å². The topological polar surface area (TPSA) is 12.5 Å². The Morgan fingerprint density at radius 3 is 2.90 bits per heavy atom. The monoisotopic (exact) mass is 285 g/mol. The van der Waals surface area contributed by atoms with Gasteiger partial charge in [0, 0.05) is 30.1 Å². The van der Waals surface area contributed by atoms with Gasteiger partial charge >= 0.3 is 0 Å². The third kappa shape index (κ3) is 1.75. The summed E-state index contributed by atoms with van der Waals surface area (Å²) in [6.45, 7) is 1.90. The minimum absolute atomic E-state index is 0.253. The van der Waals surface area contributed by atoms with E-state index in [1.54, 1.807) is 0 Å². The fraction of sp³-hybridized carbons (Fsp3) is 0.294. The van der Waals surface area contributed by atoms with Gasteiger partial charge in [-0.2, -0.15) is 0 Å². The lowest BCUT2D eigenvalue weighted by Gasteiger charge is -2.39. The summed E-state index contributed by atoms with van der Waals surface area (Å²) in [5.41, 5.74) is 3.68. The molecule has 1 spiro atoms. The van der Waals surface area contributed by atoms with Crippen LogP contribution in [-0.4, -0.2) is 18.5 Å².